The second kappa shape index (κ2) is 4.58. The largest absolute Gasteiger partial charge is 0.330 e. The normalized spacial score (nSPS) is 11.1. The highest BCUT2D eigenvalue weighted by atomic mass is 79.9. The number of para-hydroxylation sites is 2. The lowest BCUT2D eigenvalue weighted by Crippen LogP contribution is -2.00. The van der Waals surface area contributed by atoms with E-state index in [0.717, 1.165) is 16.6 Å². The molecule has 0 saturated carbocycles. The van der Waals surface area contributed by atoms with Crippen LogP contribution in [0.15, 0.2) is 40.9 Å². The van der Waals surface area contributed by atoms with Gasteiger partial charge in [-0.05, 0) is 58.8 Å². The number of nitrogens with one attached hydrogen (secondary N) is 1. The molecule has 19 heavy (non-hydrogen) atoms. The fourth-order valence-corrected chi connectivity index (χ4v) is 3.06. The number of nitrogens with zero attached hydrogens (tertiary/aromatic N) is 1. The molecular weight excluding hydrogens is 327 g/mol. The summed E-state index contributed by atoms with van der Waals surface area (Å²) >= 11 is 8.73. The molecule has 5 heteroatoms. The van der Waals surface area contributed by atoms with Crippen LogP contribution in [0, 0.1) is 17.5 Å². The SMILES string of the molecule is Cc1cccc2[nH]c(=S)n(-c3c(F)cccc3Br)c12. The third-order valence-corrected chi connectivity index (χ3v) is 3.99. The van der Waals surface area contributed by atoms with Gasteiger partial charge in [0, 0.05) is 4.47 Å². The Bertz CT molecular complexity index is 815. The van der Waals surface area contributed by atoms with Gasteiger partial charge in [-0.1, -0.05) is 18.2 Å². The molecule has 0 unspecified atom stereocenters. The van der Waals surface area contributed by atoms with E-state index in [2.05, 4.69) is 20.9 Å². The average molecular weight is 337 g/mol. The molecule has 1 heterocycles. The minimum Gasteiger partial charge on any atom is -0.330 e. The zero-order chi connectivity index (χ0) is 13.6. The van der Waals surface area contributed by atoms with Crippen molar-refractivity contribution in [2.75, 3.05) is 0 Å². The summed E-state index contributed by atoms with van der Waals surface area (Å²) in [6, 6.07) is 10.8. The van der Waals surface area contributed by atoms with E-state index in [1.165, 1.54) is 6.07 Å². The number of hydrogen-bond acceptors (Lipinski definition) is 1. The molecular formula is C14H10BrFN2S. The second-order valence-corrected chi connectivity index (χ2v) is 5.55. The fourth-order valence-electron chi connectivity index (χ4n) is 2.25. The number of imidazole rings is 1. The van der Waals surface area contributed by atoms with Crippen LogP contribution < -0.4 is 0 Å². The molecule has 0 spiro atoms. The first-order valence-electron chi connectivity index (χ1n) is 5.74. The van der Waals surface area contributed by atoms with E-state index in [4.69, 9.17) is 12.2 Å². The first-order chi connectivity index (χ1) is 9.09. The average Bonchev–Trinajstić information content (AvgIpc) is 2.67. The van der Waals surface area contributed by atoms with Gasteiger partial charge in [-0.15, -0.1) is 0 Å². The number of rotatable bonds is 1. The molecule has 0 atom stereocenters. The van der Waals surface area contributed by atoms with Crippen molar-refractivity contribution < 1.29 is 4.39 Å². The molecule has 1 N–H and O–H groups in total. The van der Waals surface area contributed by atoms with Gasteiger partial charge < -0.3 is 4.98 Å². The van der Waals surface area contributed by atoms with Crippen molar-refractivity contribution in [1.82, 2.24) is 9.55 Å². The smallest absolute Gasteiger partial charge is 0.182 e. The van der Waals surface area contributed by atoms with Gasteiger partial charge in [0.05, 0.1) is 16.7 Å². The van der Waals surface area contributed by atoms with Crippen molar-refractivity contribution in [3.05, 3.63) is 57.0 Å². The van der Waals surface area contributed by atoms with E-state index in [1.807, 2.05) is 25.1 Å². The summed E-state index contributed by atoms with van der Waals surface area (Å²) in [7, 11) is 0. The number of H-pyrrole nitrogens is 1. The highest BCUT2D eigenvalue weighted by Gasteiger charge is 2.14. The van der Waals surface area contributed by atoms with Crippen LogP contribution in [-0.2, 0) is 0 Å². The zero-order valence-electron chi connectivity index (χ0n) is 10.1. The summed E-state index contributed by atoms with van der Waals surface area (Å²) < 4.78 is 17.0. The van der Waals surface area contributed by atoms with E-state index in [0.29, 0.717) is 14.9 Å². The van der Waals surface area contributed by atoms with Crippen LogP contribution in [0.25, 0.3) is 16.7 Å². The monoisotopic (exact) mass is 336 g/mol. The lowest BCUT2D eigenvalue weighted by Gasteiger charge is -2.09. The number of benzene rings is 2. The van der Waals surface area contributed by atoms with E-state index in [1.54, 1.807) is 16.7 Å². The van der Waals surface area contributed by atoms with Gasteiger partial charge >= 0.3 is 0 Å². The molecule has 3 aromatic rings. The number of aromatic nitrogens is 2. The number of aromatic amines is 1. The van der Waals surface area contributed by atoms with Crippen molar-refractivity contribution in [2.24, 2.45) is 0 Å². The summed E-state index contributed by atoms with van der Waals surface area (Å²) in [4.78, 5) is 3.11. The predicted molar refractivity (Wildman–Crippen MR) is 80.9 cm³/mol. The van der Waals surface area contributed by atoms with Gasteiger partial charge in [0.15, 0.2) is 4.77 Å². The van der Waals surface area contributed by atoms with Crippen LogP contribution in [0.2, 0.25) is 0 Å². The Morgan fingerprint density at radius 3 is 2.68 bits per heavy atom. The number of hydrogen-bond donors (Lipinski definition) is 1. The van der Waals surface area contributed by atoms with Crippen molar-refractivity contribution in [2.45, 2.75) is 6.92 Å². The molecule has 0 fully saturated rings. The molecule has 0 aliphatic heterocycles. The summed E-state index contributed by atoms with van der Waals surface area (Å²) in [5, 5.41) is 0. The number of halogens is 2. The fraction of sp³-hybridized carbons (Fsp3) is 0.0714. The van der Waals surface area contributed by atoms with Crippen molar-refractivity contribution in [3.8, 4) is 5.69 Å². The predicted octanol–water partition coefficient (Wildman–Crippen LogP) is 4.90. The van der Waals surface area contributed by atoms with Gasteiger partial charge in [-0.2, -0.15) is 0 Å². The second-order valence-electron chi connectivity index (χ2n) is 4.31. The van der Waals surface area contributed by atoms with Crippen LogP contribution in [0.1, 0.15) is 5.56 Å². The molecule has 0 bridgehead atoms. The van der Waals surface area contributed by atoms with Gasteiger partial charge in [-0.25, -0.2) is 4.39 Å². The topological polar surface area (TPSA) is 20.7 Å². The van der Waals surface area contributed by atoms with E-state index < -0.39 is 0 Å². The maximum atomic E-state index is 14.1. The summed E-state index contributed by atoms with van der Waals surface area (Å²) in [5.41, 5.74) is 3.28. The lowest BCUT2D eigenvalue weighted by atomic mass is 10.2. The highest BCUT2D eigenvalue weighted by molar-refractivity contribution is 9.10. The Balaban J connectivity index is 2.50. The Kier molecular flexibility index (Phi) is 3.03. The van der Waals surface area contributed by atoms with Crippen LogP contribution in [0.4, 0.5) is 4.39 Å². The van der Waals surface area contributed by atoms with E-state index >= 15 is 0 Å². The Morgan fingerprint density at radius 2 is 1.95 bits per heavy atom. The van der Waals surface area contributed by atoms with E-state index in [9.17, 15) is 4.39 Å². The van der Waals surface area contributed by atoms with Gasteiger partial charge in [0.25, 0.3) is 0 Å². The standard InChI is InChI=1S/C14H10BrFN2S/c1-8-4-2-7-11-12(8)18(14(19)17-11)13-9(15)5-3-6-10(13)16/h2-7H,1H3,(H,17,19). The van der Waals surface area contributed by atoms with Gasteiger partial charge in [0.1, 0.15) is 5.82 Å². The van der Waals surface area contributed by atoms with Gasteiger partial charge in [0.2, 0.25) is 0 Å². The van der Waals surface area contributed by atoms with Gasteiger partial charge in [-0.3, -0.25) is 4.57 Å². The molecule has 1 aromatic heterocycles. The molecule has 2 nitrogen and oxygen atoms in total. The number of aryl methyl sites for hydroxylation is 1. The third kappa shape index (κ3) is 1.93. The maximum Gasteiger partial charge on any atom is 0.182 e. The molecule has 96 valence electrons. The zero-order valence-corrected chi connectivity index (χ0v) is 12.5. The molecule has 0 aliphatic rings. The van der Waals surface area contributed by atoms with Crippen molar-refractivity contribution in [3.63, 3.8) is 0 Å². The van der Waals surface area contributed by atoms with E-state index in [-0.39, 0.29) is 5.82 Å². The highest BCUT2D eigenvalue weighted by Crippen LogP contribution is 2.29. The maximum absolute atomic E-state index is 14.1. The molecule has 0 radical (unpaired) electrons. The lowest BCUT2D eigenvalue weighted by molar-refractivity contribution is 0.617. The minimum absolute atomic E-state index is 0.311. The Morgan fingerprint density at radius 1 is 1.21 bits per heavy atom. The quantitative estimate of drug-likeness (QED) is 0.627. The van der Waals surface area contributed by atoms with Crippen LogP contribution in [0.5, 0.6) is 0 Å². The Labute approximate surface area is 123 Å². The van der Waals surface area contributed by atoms with Crippen LogP contribution in [0.3, 0.4) is 0 Å². The summed E-state index contributed by atoms with van der Waals surface area (Å²) in [6.07, 6.45) is 0. The first kappa shape index (κ1) is 12.6. The van der Waals surface area contributed by atoms with Crippen molar-refractivity contribution in [1.29, 1.82) is 0 Å². The molecule has 0 amide bonds. The molecule has 0 saturated heterocycles. The summed E-state index contributed by atoms with van der Waals surface area (Å²) in [5.74, 6) is -0.311. The molecule has 0 aliphatic carbocycles. The molecule has 2 aromatic carbocycles. The van der Waals surface area contributed by atoms with Crippen LogP contribution >= 0.6 is 28.1 Å². The minimum atomic E-state index is -0.311. The number of fused-ring (bicyclic) bond motifs is 1. The van der Waals surface area contributed by atoms with Crippen molar-refractivity contribution >= 4 is 39.2 Å². The Hall–Kier alpha value is -1.46. The third-order valence-electron chi connectivity index (χ3n) is 3.07. The van der Waals surface area contributed by atoms with Crippen LogP contribution in [-0.4, -0.2) is 9.55 Å². The first-order valence-corrected chi connectivity index (χ1v) is 6.94. The summed E-state index contributed by atoms with van der Waals surface area (Å²) in [6.45, 7) is 1.98. The molecule has 3 rings (SSSR count).